The molecule has 0 aliphatic carbocycles. The zero-order valence-corrected chi connectivity index (χ0v) is 23.0. The van der Waals surface area contributed by atoms with Gasteiger partial charge in [0.05, 0.1) is 18.2 Å². The number of ether oxygens (including phenoxy) is 1. The Balaban J connectivity index is 1.72. The molecule has 1 atom stereocenters. The van der Waals surface area contributed by atoms with Crippen LogP contribution in [-0.2, 0) is 11.3 Å². The van der Waals surface area contributed by atoms with Crippen LogP contribution in [0.25, 0.3) is 23.3 Å². The number of hydrogen-bond acceptors (Lipinski definition) is 5. The third kappa shape index (κ3) is 6.97. The van der Waals surface area contributed by atoms with E-state index in [2.05, 4.69) is 12.1 Å². The quantitative estimate of drug-likeness (QED) is 0.206. The van der Waals surface area contributed by atoms with E-state index in [4.69, 9.17) is 10.00 Å². The predicted molar refractivity (Wildman–Crippen MR) is 157 cm³/mol. The number of carboxylic acids is 1. The zero-order valence-electron chi connectivity index (χ0n) is 23.0. The van der Waals surface area contributed by atoms with Gasteiger partial charge >= 0.3 is 5.97 Å². The van der Waals surface area contributed by atoms with Gasteiger partial charge in [-0.05, 0) is 67.5 Å². The first-order valence-corrected chi connectivity index (χ1v) is 13.9. The van der Waals surface area contributed by atoms with Crippen LogP contribution < -0.4 is 4.74 Å². The van der Waals surface area contributed by atoms with Gasteiger partial charge < -0.3 is 9.84 Å². The molecule has 1 aliphatic rings. The fourth-order valence-electron chi connectivity index (χ4n) is 5.31. The molecule has 40 heavy (non-hydrogen) atoms. The maximum Gasteiger partial charge on any atom is 0.320 e. The molecule has 3 aromatic carbocycles. The number of unbranched alkanes of at least 4 members (excludes halogenated alkanes) is 2. The summed E-state index contributed by atoms with van der Waals surface area (Å²) in [6.07, 6.45) is 8.53. The minimum Gasteiger partial charge on any atom is -0.493 e. The van der Waals surface area contributed by atoms with Crippen LogP contribution in [0.15, 0.2) is 60.7 Å². The fourth-order valence-corrected chi connectivity index (χ4v) is 5.31. The molecule has 0 aromatic heterocycles. The van der Waals surface area contributed by atoms with E-state index in [1.165, 1.54) is 0 Å². The summed E-state index contributed by atoms with van der Waals surface area (Å²) in [7, 11) is 0. The number of carbonyl (C=O) groups is 1. The number of aliphatic carboxylic acids is 1. The molecule has 6 nitrogen and oxygen atoms in total. The molecule has 0 radical (unpaired) electrons. The lowest BCUT2D eigenvalue weighted by Gasteiger charge is -2.34. The van der Waals surface area contributed by atoms with E-state index in [1.807, 2.05) is 84.6 Å². The van der Waals surface area contributed by atoms with Gasteiger partial charge in [-0.3, -0.25) is 9.69 Å². The minimum absolute atomic E-state index is 0.459. The molecular weight excluding hydrogens is 498 g/mol. The van der Waals surface area contributed by atoms with Crippen LogP contribution in [0.3, 0.4) is 0 Å². The Bertz CT molecular complexity index is 1430. The number of nitriles is 2. The van der Waals surface area contributed by atoms with Crippen molar-refractivity contribution >= 4 is 18.1 Å². The van der Waals surface area contributed by atoms with Crippen molar-refractivity contribution in [3.63, 3.8) is 0 Å². The highest BCUT2D eigenvalue weighted by atomic mass is 16.5. The maximum atomic E-state index is 12.1. The summed E-state index contributed by atoms with van der Waals surface area (Å²) in [5.41, 5.74) is 6.26. The molecule has 3 aromatic rings. The van der Waals surface area contributed by atoms with E-state index in [1.54, 1.807) is 0 Å². The molecule has 1 saturated heterocycles. The summed E-state index contributed by atoms with van der Waals surface area (Å²) >= 11 is 0. The molecule has 0 unspecified atom stereocenters. The summed E-state index contributed by atoms with van der Waals surface area (Å²) in [6.45, 7) is 3.70. The van der Waals surface area contributed by atoms with Crippen LogP contribution in [0, 0.1) is 29.6 Å². The number of hydrogen-bond donors (Lipinski definition) is 1. The van der Waals surface area contributed by atoms with Crippen LogP contribution >= 0.6 is 0 Å². The number of benzene rings is 3. The molecular formula is C34H35N3O3. The van der Waals surface area contributed by atoms with Crippen molar-refractivity contribution in [2.75, 3.05) is 13.2 Å². The molecule has 1 aliphatic heterocycles. The first kappa shape index (κ1) is 28.6. The van der Waals surface area contributed by atoms with Crippen LogP contribution in [-0.4, -0.2) is 35.2 Å². The molecule has 0 saturated carbocycles. The normalized spacial score (nSPS) is 15.4. The van der Waals surface area contributed by atoms with Crippen molar-refractivity contribution in [1.29, 1.82) is 10.5 Å². The Morgan fingerprint density at radius 1 is 1.05 bits per heavy atom. The molecule has 1 N–H and O–H groups in total. The van der Waals surface area contributed by atoms with Crippen molar-refractivity contribution in [2.24, 2.45) is 0 Å². The third-order valence-corrected chi connectivity index (χ3v) is 7.46. The monoisotopic (exact) mass is 533 g/mol. The number of likely N-dealkylation sites (tertiary alicyclic amines) is 1. The Morgan fingerprint density at radius 2 is 1.88 bits per heavy atom. The molecule has 0 spiro atoms. The van der Waals surface area contributed by atoms with Gasteiger partial charge in [-0.15, -0.1) is 0 Å². The lowest BCUT2D eigenvalue weighted by Crippen LogP contribution is -2.44. The summed E-state index contributed by atoms with van der Waals surface area (Å²) in [5, 5.41) is 28.8. The standard InChI is InChI=1S/C34H35N3O3/c1-25-16-19-33(40-22-9-3-7-20-35)31(24-37-21-8-6-15-32(37)34(38)39)28(25)18-17-27-13-10-14-29(30(27)23-36)26-11-4-2-5-12-26/h2,4-5,10-14,16-19,32H,3,6-9,15,21-22,24H2,1H3,(H,38,39)/b18-17+/t32-/m0/s1. The van der Waals surface area contributed by atoms with Crippen LogP contribution in [0.2, 0.25) is 0 Å². The van der Waals surface area contributed by atoms with E-state index in [9.17, 15) is 15.2 Å². The third-order valence-electron chi connectivity index (χ3n) is 7.46. The van der Waals surface area contributed by atoms with Crippen molar-refractivity contribution in [3.8, 4) is 29.0 Å². The number of carboxylic acid groups (broad SMARTS) is 1. The van der Waals surface area contributed by atoms with E-state index in [0.29, 0.717) is 38.1 Å². The van der Waals surface area contributed by atoms with E-state index in [-0.39, 0.29) is 0 Å². The van der Waals surface area contributed by atoms with Gasteiger partial charge in [-0.25, -0.2) is 0 Å². The molecule has 0 amide bonds. The van der Waals surface area contributed by atoms with Crippen molar-refractivity contribution < 1.29 is 14.6 Å². The van der Waals surface area contributed by atoms with Crippen molar-refractivity contribution in [3.05, 3.63) is 88.5 Å². The van der Waals surface area contributed by atoms with E-state index in [0.717, 1.165) is 64.8 Å². The fraction of sp³-hybridized carbons (Fsp3) is 0.324. The van der Waals surface area contributed by atoms with Gasteiger partial charge in [0.2, 0.25) is 0 Å². The highest BCUT2D eigenvalue weighted by Gasteiger charge is 2.29. The number of rotatable bonds is 11. The SMILES string of the molecule is Cc1ccc(OCCCCC#N)c(CN2CCCC[C@H]2C(=O)O)c1/C=C/c1cccc(-c2ccccc2)c1C#N. The first-order valence-electron chi connectivity index (χ1n) is 13.9. The van der Waals surface area contributed by atoms with Gasteiger partial charge in [-0.1, -0.05) is 73.2 Å². The summed E-state index contributed by atoms with van der Waals surface area (Å²) in [5.74, 6) is -0.0599. The Morgan fingerprint density at radius 3 is 2.62 bits per heavy atom. The largest absolute Gasteiger partial charge is 0.493 e. The lowest BCUT2D eigenvalue weighted by molar-refractivity contribution is -0.144. The smallest absolute Gasteiger partial charge is 0.320 e. The summed E-state index contributed by atoms with van der Waals surface area (Å²) < 4.78 is 6.22. The molecule has 4 rings (SSSR count). The lowest BCUT2D eigenvalue weighted by atomic mass is 9.94. The van der Waals surface area contributed by atoms with Gasteiger partial charge in [0.15, 0.2) is 0 Å². The number of aryl methyl sites for hydroxylation is 1. The predicted octanol–water partition coefficient (Wildman–Crippen LogP) is 7.22. The average Bonchev–Trinajstić information content (AvgIpc) is 2.98. The molecule has 204 valence electrons. The Labute approximate surface area is 236 Å². The van der Waals surface area contributed by atoms with Gasteiger partial charge in [0.25, 0.3) is 0 Å². The zero-order chi connectivity index (χ0) is 28.3. The van der Waals surface area contributed by atoms with Gasteiger partial charge in [0.1, 0.15) is 17.9 Å². The van der Waals surface area contributed by atoms with Crippen LogP contribution in [0.1, 0.15) is 66.3 Å². The van der Waals surface area contributed by atoms with Crippen LogP contribution in [0.5, 0.6) is 5.75 Å². The van der Waals surface area contributed by atoms with Crippen molar-refractivity contribution in [2.45, 2.75) is 58.0 Å². The Hall–Kier alpha value is -4.39. The highest BCUT2D eigenvalue weighted by molar-refractivity contribution is 5.81. The highest BCUT2D eigenvalue weighted by Crippen LogP contribution is 2.32. The maximum absolute atomic E-state index is 12.1. The minimum atomic E-state index is -0.792. The van der Waals surface area contributed by atoms with E-state index >= 15 is 0 Å². The van der Waals surface area contributed by atoms with Crippen molar-refractivity contribution in [1.82, 2.24) is 4.90 Å². The second-order valence-corrected chi connectivity index (χ2v) is 10.1. The second kappa shape index (κ2) is 14.1. The van der Waals surface area contributed by atoms with Gasteiger partial charge in [-0.2, -0.15) is 10.5 Å². The van der Waals surface area contributed by atoms with E-state index < -0.39 is 12.0 Å². The molecule has 6 heteroatoms. The first-order chi connectivity index (χ1) is 19.5. The molecule has 1 heterocycles. The molecule has 1 fully saturated rings. The van der Waals surface area contributed by atoms with Gasteiger partial charge in [0, 0.05) is 24.1 Å². The topological polar surface area (TPSA) is 97.3 Å². The number of nitrogens with zero attached hydrogens (tertiary/aromatic N) is 3. The molecule has 0 bridgehead atoms. The Kier molecular flexibility index (Phi) is 10.1. The average molecular weight is 534 g/mol. The second-order valence-electron chi connectivity index (χ2n) is 10.1. The van der Waals surface area contributed by atoms with Crippen LogP contribution in [0.4, 0.5) is 0 Å². The number of piperidine rings is 1. The summed E-state index contributed by atoms with van der Waals surface area (Å²) in [6, 6.07) is 23.8. The summed E-state index contributed by atoms with van der Waals surface area (Å²) in [4.78, 5) is 14.1.